The number of hydrogen-bond acceptors (Lipinski definition) is 4. The third kappa shape index (κ3) is 4.01. The summed E-state index contributed by atoms with van der Waals surface area (Å²) in [5, 5.41) is 9.57. The molecule has 27 heavy (non-hydrogen) atoms. The van der Waals surface area contributed by atoms with Crippen molar-refractivity contribution in [2.75, 3.05) is 26.3 Å². The number of aliphatic hydroxyl groups excluding tert-OH is 1. The molecule has 0 saturated carbocycles. The lowest BCUT2D eigenvalue weighted by atomic mass is 9.81. The molecule has 148 valence electrons. The van der Waals surface area contributed by atoms with Crippen molar-refractivity contribution in [2.45, 2.75) is 51.8 Å². The van der Waals surface area contributed by atoms with Crippen LogP contribution in [0.3, 0.4) is 0 Å². The molecule has 1 N–H and O–H groups in total. The van der Waals surface area contributed by atoms with Crippen LogP contribution in [0.2, 0.25) is 0 Å². The number of rotatable bonds is 4. The molecule has 2 saturated heterocycles. The van der Waals surface area contributed by atoms with Gasteiger partial charge in [0.05, 0.1) is 6.04 Å². The van der Waals surface area contributed by atoms with Gasteiger partial charge in [-0.3, -0.25) is 9.59 Å². The molecule has 2 aliphatic rings. The normalized spacial score (nSPS) is 25.7. The predicted molar refractivity (Wildman–Crippen MR) is 102 cm³/mol. The number of nitrogens with zero attached hydrogens (tertiary/aromatic N) is 2. The van der Waals surface area contributed by atoms with Crippen LogP contribution >= 0.6 is 0 Å². The largest absolute Gasteiger partial charge is 0.396 e. The smallest absolute Gasteiger partial charge is 0.254 e. The van der Waals surface area contributed by atoms with Gasteiger partial charge in [-0.15, -0.1) is 0 Å². The maximum Gasteiger partial charge on any atom is 0.254 e. The van der Waals surface area contributed by atoms with E-state index in [1.54, 1.807) is 4.90 Å². The van der Waals surface area contributed by atoms with Gasteiger partial charge in [0.15, 0.2) is 6.10 Å². The molecule has 2 fully saturated rings. The molecule has 1 aromatic carbocycles. The number of benzene rings is 1. The first-order valence-corrected chi connectivity index (χ1v) is 9.74. The van der Waals surface area contributed by atoms with E-state index in [0.717, 1.165) is 18.4 Å². The minimum Gasteiger partial charge on any atom is -0.396 e. The number of hydrogen-bond donors (Lipinski definition) is 1. The molecular formula is C21H30N2O4. The predicted octanol–water partition coefficient (Wildman–Crippen LogP) is 1.98. The minimum absolute atomic E-state index is 0.0269. The molecule has 6 nitrogen and oxygen atoms in total. The van der Waals surface area contributed by atoms with Crippen molar-refractivity contribution in [2.24, 2.45) is 5.41 Å². The van der Waals surface area contributed by atoms with Gasteiger partial charge in [0, 0.05) is 25.7 Å². The molecule has 3 rings (SSSR count). The molecule has 0 spiro atoms. The summed E-state index contributed by atoms with van der Waals surface area (Å²) in [6.45, 7) is 7.26. The second-order valence-electron chi connectivity index (χ2n) is 8.28. The molecule has 2 aliphatic heterocycles. The van der Waals surface area contributed by atoms with Gasteiger partial charge in [0.25, 0.3) is 5.91 Å². The lowest BCUT2D eigenvalue weighted by molar-refractivity contribution is -0.173. The van der Waals surface area contributed by atoms with E-state index in [4.69, 9.17) is 4.74 Å². The zero-order valence-electron chi connectivity index (χ0n) is 16.4. The lowest BCUT2D eigenvalue weighted by Crippen LogP contribution is -2.58. The number of carbonyl (C=O) groups is 2. The molecule has 1 aromatic rings. The molecule has 2 heterocycles. The van der Waals surface area contributed by atoms with Crippen molar-refractivity contribution in [3.63, 3.8) is 0 Å². The molecule has 0 bridgehead atoms. The Labute approximate surface area is 161 Å². The Hall–Kier alpha value is -1.92. The highest BCUT2D eigenvalue weighted by Gasteiger charge is 2.45. The van der Waals surface area contributed by atoms with Crippen molar-refractivity contribution in [3.8, 4) is 0 Å². The van der Waals surface area contributed by atoms with Crippen LogP contribution in [0.4, 0.5) is 0 Å². The van der Waals surface area contributed by atoms with Gasteiger partial charge in [0.1, 0.15) is 6.61 Å². The number of piperidine rings is 1. The highest BCUT2D eigenvalue weighted by molar-refractivity contribution is 5.86. The minimum atomic E-state index is -0.703. The van der Waals surface area contributed by atoms with Crippen LogP contribution in [0, 0.1) is 5.41 Å². The quantitative estimate of drug-likeness (QED) is 0.875. The Bertz CT molecular complexity index is 668. The van der Waals surface area contributed by atoms with Crippen molar-refractivity contribution in [1.29, 1.82) is 0 Å². The zero-order chi connectivity index (χ0) is 19.6. The summed E-state index contributed by atoms with van der Waals surface area (Å²) < 4.78 is 5.80. The third-order valence-corrected chi connectivity index (χ3v) is 5.87. The van der Waals surface area contributed by atoms with Crippen molar-refractivity contribution in [1.82, 2.24) is 9.80 Å². The maximum absolute atomic E-state index is 13.3. The summed E-state index contributed by atoms with van der Waals surface area (Å²) in [5.41, 5.74) is 0.790. The van der Waals surface area contributed by atoms with Gasteiger partial charge in [-0.25, -0.2) is 0 Å². The number of carbonyl (C=O) groups excluding carboxylic acids is 2. The Balaban J connectivity index is 1.86. The van der Waals surface area contributed by atoms with Crippen molar-refractivity contribution >= 4 is 11.8 Å². The average molecular weight is 374 g/mol. The number of amides is 2. The van der Waals surface area contributed by atoms with Gasteiger partial charge in [-0.05, 0) is 37.7 Å². The van der Waals surface area contributed by atoms with E-state index in [1.165, 1.54) is 0 Å². The van der Waals surface area contributed by atoms with Crippen LogP contribution in [0.5, 0.6) is 0 Å². The summed E-state index contributed by atoms with van der Waals surface area (Å²) >= 11 is 0. The van der Waals surface area contributed by atoms with E-state index in [9.17, 15) is 14.7 Å². The van der Waals surface area contributed by atoms with Gasteiger partial charge in [-0.2, -0.15) is 0 Å². The van der Waals surface area contributed by atoms with Crippen LogP contribution in [-0.2, 0) is 14.3 Å². The first-order chi connectivity index (χ1) is 12.9. The van der Waals surface area contributed by atoms with E-state index in [2.05, 4.69) is 6.92 Å². The molecule has 2 atom stereocenters. The fraction of sp³-hybridized carbons (Fsp3) is 0.619. The first kappa shape index (κ1) is 19.8. The zero-order valence-corrected chi connectivity index (χ0v) is 16.4. The molecule has 0 aromatic heterocycles. The lowest BCUT2D eigenvalue weighted by Gasteiger charge is -2.45. The van der Waals surface area contributed by atoms with Gasteiger partial charge in [0.2, 0.25) is 5.91 Å². The molecule has 0 unspecified atom stereocenters. The Morgan fingerprint density at radius 1 is 1.26 bits per heavy atom. The van der Waals surface area contributed by atoms with E-state index >= 15 is 0 Å². The topological polar surface area (TPSA) is 70.1 Å². The maximum atomic E-state index is 13.3. The summed E-state index contributed by atoms with van der Waals surface area (Å²) in [6.07, 6.45) is 0.834. The Morgan fingerprint density at radius 3 is 2.44 bits per heavy atom. The highest BCUT2D eigenvalue weighted by Crippen LogP contribution is 2.35. The average Bonchev–Trinajstić information content (AvgIpc) is 2.68. The fourth-order valence-electron chi connectivity index (χ4n) is 4.03. The standard InChI is InChI=1S/C21H30N2O4/c1-15(2)23-17(25)13-27-19(18(23)16-7-5-4-6-8-16)20(26)22-11-9-21(3,14-24)10-12-22/h4-8,15,18-19,24H,9-14H2,1-3H3/t18-,19+/m1/s1. The number of morpholine rings is 1. The molecule has 0 aliphatic carbocycles. The fourth-order valence-corrected chi connectivity index (χ4v) is 4.03. The Kier molecular flexibility index (Phi) is 5.86. The summed E-state index contributed by atoms with van der Waals surface area (Å²) in [4.78, 5) is 29.5. The Morgan fingerprint density at radius 2 is 1.89 bits per heavy atom. The first-order valence-electron chi connectivity index (χ1n) is 9.74. The summed E-state index contributed by atoms with van der Waals surface area (Å²) in [5.74, 6) is -0.156. The molecule has 6 heteroatoms. The second kappa shape index (κ2) is 7.98. The van der Waals surface area contributed by atoms with Gasteiger partial charge < -0.3 is 19.6 Å². The molecule has 2 amide bonds. The van der Waals surface area contributed by atoms with Crippen LogP contribution in [0.25, 0.3) is 0 Å². The number of likely N-dealkylation sites (tertiary alicyclic amines) is 1. The van der Waals surface area contributed by atoms with Crippen LogP contribution in [0.1, 0.15) is 45.2 Å². The van der Waals surface area contributed by atoms with E-state index in [1.807, 2.05) is 49.1 Å². The molecule has 0 radical (unpaired) electrons. The van der Waals surface area contributed by atoms with Gasteiger partial charge in [-0.1, -0.05) is 37.3 Å². The van der Waals surface area contributed by atoms with E-state index in [-0.39, 0.29) is 36.5 Å². The van der Waals surface area contributed by atoms with Crippen LogP contribution < -0.4 is 0 Å². The SMILES string of the molecule is CC(C)N1C(=O)CO[C@H](C(=O)N2CCC(C)(CO)CC2)[C@H]1c1ccccc1. The van der Waals surface area contributed by atoms with Crippen molar-refractivity contribution < 1.29 is 19.4 Å². The molecular weight excluding hydrogens is 344 g/mol. The summed E-state index contributed by atoms with van der Waals surface area (Å²) in [7, 11) is 0. The van der Waals surface area contributed by atoms with E-state index in [0.29, 0.717) is 13.1 Å². The van der Waals surface area contributed by atoms with E-state index < -0.39 is 12.1 Å². The van der Waals surface area contributed by atoms with Gasteiger partial charge >= 0.3 is 0 Å². The summed E-state index contributed by atoms with van der Waals surface area (Å²) in [6, 6.07) is 9.20. The second-order valence-corrected chi connectivity index (χ2v) is 8.28. The third-order valence-electron chi connectivity index (χ3n) is 5.87. The van der Waals surface area contributed by atoms with Crippen molar-refractivity contribution in [3.05, 3.63) is 35.9 Å². The van der Waals surface area contributed by atoms with Crippen LogP contribution in [-0.4, -0.2) is 65.2 Å². The van der Waals surface area contributed by atoms with Crippen LogP contribution in [0.15, 0.2) is 30.3 Å². The monoisotopic (exact) mass is 374 g/mol. The highest BCUT2D eigenvalue weighted by atomic mass is 16.5. The number of aliphatic hydroxyl groups is 1. The number of ether oxygens (including phenoxy) is 1.